The summed E-state index contributed by atoms with van der Waals surface area (Å²) in [5.74, 6) is -3.40. The molecule has 0 atom stereocenters. The predicted molar refractivity (Wildman–Crippen MR) is 61.9 cm³/mol. The summed E-state index contributed by atoms with van der Waals surface area (Å²) in [6.45, 7) is 1.39. The Morgan fingerprint density at radius 2 is 2.06 bits per heavy atom. The Balaban J connectivity index is 2.92. The average molecular weight is 264 g/mol. The minimum Gasteiger partial charge on any atom is -0.399 e. The maximum absolute atomic E-state index is 12.4. The molecule has 0 unspecified atom stereocenters. The normalized spacial score (nSPS) is 12.3. The molecule has 0 amide bonds. The highest BCUT2D eigenvalue weighted by atomic mass is 32.2. The van der Waals surface area contributed by atoms with Gasteiger partial charge >= 0.3 is 5.76 Å². The number of nitrogens with zero attached hydrogens (tertiary/aromatic N) is 1. The van der Waals surface area contributed by atoms with E-state index in [0.717, 1.165) is 4.31 Å². The van der Waals surface area contributed by atoms with Gasteiger partial charge in [-0.15, -0.1) is 0 Å². The van der Waals surface area contributed by atoms with E-state index in [-0.39, 0.29) is 13.1 Å². The van der Waals surface area contributed by atoms with Crippen LogP contribution in [0, 0.1) is 0 Å². The van der Waals surface area contributed by atoms with Crippen LogP contribution >= 0.6 is 0 Å². The zero-order valence-electron chi connectivity index (χ0n) is 9.31. The molecule has 1 aromatic rings. The number of benzene rings is 1. The maximum Gasteiger partial charge on any atom is 0.350 e. The lowest BCUT2D eigenvalue weighted by Crippen LogP contribution is -2.34. The molecule has 0 aliphatic rings. The van der Waals surface area contributed by atoms with Crippen LogP contribution in [0.3, 0.4) is 0 Å². The molecular formula is C10H14F2N2O2S. The summed E-state index contributed by atoms with van der Waals surface area (Å²) in [6, 6.07) is 6.48. The van der Waals surface area contributed by atoms with E-state index in [4.69, 9.17) is 5.73 Å². The molecular weight excluding hydrogens is 250 g/mol. The minimum absolute atomic E-state index is 0.0124. The Bertz CT molecular complexity index is 477. The third kappa shape index (κ3) is 3.37. The SMILES string of the molecule is CCN(Cc1cccc(N)c1)S(=O)(=O)C(F)F. The number of hydrogen-bond acceptors (Lipinski definition) is 3. The van der Waals surface area contributed by atoms with Gasteiger partial charge in [0.1, 0.15) is 0 Å². The monoisotopic (exact) mass is 264 g/mol. The number of rotatable bonds is 5. The first-order chi connectivity index (χ1) is 7.87. The fraction of sp³-hybridized carbons (Fsp3) is 0.400. The predicted octanol–water partition coefficient (Wildman–Crippen LogP) is 1.64. The first-order valence-electron chi connectivity index (χ1n) is 4.99. The summed E-state index contributed by atoms with van der Waals surface area (Å²) in [5.41, 5.74) is 6.57. The van der Waals surface area contributed by atoms with Crippen LogP contribution in [-0.4, -0.2) is 25.0 Å². The molecule has 0 radical (unpaired) electrons. The third-order valence-electron chi connectivity index (χ3n) is 2.25. The van der Waals surface area contributed by atoms with E-state index in [1.54, 1.807) is 24.3 Å². The minimum atomic E-state index is -4.54. The van der Waals surface area contributed by atoms with Gasteiger partial charge in [0.15, 0.2) is 0 Å². The van der Waals surface area contributed by atoms with E-state index < -0.39 is 15.8 Å². The van der Waals surface area contributed by atoms with Crippen LogP contribution in [0.4, 0.5) is 14.5 Å². The molecule has 0 saturated heterocycles. The van der Waals surface area contributed by atoms with E-state index in [1.807, 2.05) is 0 Å². The second-order valence-corrected chi connectivity index (χ2v) is 5.38. The maximum atomic E-state index is 12.4. The van der Waals surface area contributed by atoms with Crippen molar-refractivity contribution in [2.45, 2.75) is 19.2 Å². The summed E-state index contributed by atoms with van der Waals surface area (Å²) < 4.78 is 48.1. The first kappa shape index (κ1) is 13.9. The summed E-state index contributed by atoms with van der Waals surface area (Å²) in [4.78, 5) is 0. The number of nitrogens with two attached hydrogens (primary N) is 1. The lowest BCUT2D eigenvalue weighted by Gasteiger charge is -2.19. The smallest absolute Gasteiger partial charge is 0.350 e. The average Bonchev–Trinajstić information content (AvgIpc) is 2.25. The standard InChI is InChI=1S/C10H14F2N2O2S/c1-2-14(17(15,16)10(11)12)7-8-4-3-5-9(13)6-8/h3-6,10H,2,7,13H2,1H3. The van der Waals surface area contributed by atoms with Crippen molar-refractivity contribution in [3.05, 3.63) is 29.8 Å². The number of sulfonamides is 1. The van der Waals surface area contributed by atoms with Gasteiger partial charge in [0.25, 0.3) is 10.0 Å². The molecule has 2 N–H and O–H groups in total. The molecule has 4 nitrogen and oxygen atoms in total. The van der Waals surface area contributed by atoms with E-state index in [9.17, 15) is 17.2 Å². The molecule has 0 fully saturated rings. The largest absolute Gasteiger partial charge is 0.399 e. The van der Waals surface area contributed by atoms with Crippen molar-refractivity contribution in [3.8, 4) is 0 Å². The van der Waals surface area contributed by atoms with Gasteiger partial charge in [0.05, 0.1) is 0 Å². The van der Waals surface area contributed by atoms with Crippen LogP contribution < -0.4 is 5.73 Å². The van der Waals surface area contributed by atoms with Crippen LogP contribution in [0.2, 0.25) is 0 Å². The highest BCUT2D eigenvalue weighted by Crippen LogP contribution is 2.16. The van der Waals surface area contributed by atoms with Crippen LogP contribution in [0.25, 0.3) is 0 Å². The molecule has 0 aliphatic heterocycles. The van der Waals surface area contributed by atoms with Crippen molar-refractivity contribution in [2.75, 3.05) is 12.3 Å². The molecule has 0 aromatic heterocycles. The van der Waals surface area contributed by atoms with Crippen molar-refractivity contribution in [2.24, 2.45) is 0 Å². The van der Waals surface area contributed by atoms with E-state index in [2.05, 4.69) is 0 Å². The summed E-state index contributed by atoms with van der Waals surface area (Å²) >= 11 is 0. The molecule has 1 rings (SSSR count). The number of alkyl halides is 2. The van der Waals surface area contributed by atoms with E-state index in [1.165, 1.54) is 6.92 Å². The van der Waals surface area contributed by atoms with Gasteiger partial charge in [-0.05, 0) is 17.7 Å². The van der Waals surface area contributed by atoms with Gasteiger partial charge in [-0.2, -0.15) is 13.1 Å². The van der Waals surface area contributed by atoms with Crippen molar-refractivity contribution in [1.29, 1.82) is 0 Å². The zero-order chi connectivity index (χ0) is 13.1. The highest BCUT2D eigenvalue weighted by Gasteiger charge is 2.30. The Labute approximate surface area is 99.1 Å². The third-order valence-corrected chi connectivity index (χ3v) is 3.81. The molecule has 0 spiro atoms. The number of hydrogen-bond donors (Lipinski definition) is 1. The molecule has 0 bridgehead atoms. The molecule has 1 aromatic carbocycles. The number of halogens is 2. The molecule has 96 valence electrons. The molecule has 0 heterocycles. The topological polar surface area (TPSA) is 63.4 Å². The first-order valence-corrected chi connectivity index (χ1v) is 6.49. The van der Waals surface area contributed by atoms with E-state index in [0.29, 0.717) is 11.3 Å². The van der Waals surface area contributed by atoms with Gasteiger partial charge in [-0.3, -0.25) is 0 Å². The fourth-order valence-corrected chi connectivity index (χ4v) is 2.30. The van der Waals surface area contributed by atoms with Crippen molar-refractivity contribution in [1.82, 2.24) is 4.31 Å². The van der Waals surface area contributed by atoms with Crippen LogP contribution in [0.15, 0.2) is 24.3 Å². The Hall–Kier alpha value is -1.21. The van der Waals surface area contributed by atoms with Crippen molar-refractivity contribution >= 4 is 15.7 Å². The summed E-state index contributed by atoms with van der Waals surface area (Å²) in [7, 11) is -4.54. The van der Waals surface area contributed by atoms with E-state index >= 15 is 0 Å². The second-order valence-electron chi connectivity index (χ2n) is 3.48. The quantitative estimate of drug-likeness (QED) is 0.822. The zero-order valence-corrected chi connectivity index (χ0v) is 10.1. The lowest BCUT2D eigenvalue weighted by atomic mass is 10.2. The summed E-state index contributed by atoms with van der Waals surface area (Å²) in [5, 5.41) is 0. The molecule has 7 heteroatoms. The van der Waals surface area contributed by atoms with Gasteiger partial charge < -0.3 is 5.73 Å². The number of nitrogen functional groups attached to an aromatic ring is 1. The van der Waals surface area contributed by atoms with Crippen molar-refractivity contribution in [3.63, 3.8) is 0 Å². The van der Waals surface area contributed by atoms with Gasteiger partial charge in [-0.25, -0.2) is 8.42 Å². The van der Waals surface area contributed by atoms with Crippen molar-refractivity contribution < 1.29 is 17.2 Å². The number of anilines is 1. The molecule has 0 saturated carbocycles. The van der Waals surface area contributed by atoms with Gasteiger partial charge in [-0.1, -0.05) is 19.1 Å². The Morgan fingerprint density at radius 1 is 1.41 bits per heavy atom. The van der Waals surface area contributed by atoms with Gasteiger partial charge in [0.2, 0.25) is 0 Å². The lowest BCUT2D eigenvalue weighted by molar-refractivity contribution is 0.218. The molecule has 17 heavy (non-hydrogen) atoms. The Morgan fingerprint density at radius 3 is 2.53 bits per heavy atom. The van der Waals surface area contributed by atoms with Crippen LogP contribution in [-0.2, 0) is 16.6 Å². The second kappa shape index (κ2) is 5.42. The fourth-order valence-electron chi connectivity index (χ4n) is 1.39. The van der Waals surface area contributed by atoms with Gasteiger partial charge in [0, 0.05) is 18.8 Å². The highest BCUT2D eigenvalue weighted by molar-refractivity contribution is 7.89. The molecule has 0 aliphatic carbocycles. The van der Waals surface area contributed by atoms with Crippen LogP contribution in [0.1, 0.15) is 12.5 Å². The Kier molecular flexibility index (Phi) is 4.41. The van der Waals surface area contributed by atoms with Crippen LogP contribution in [0.5, 0.6) is 0 Å². The summed E-state index contributed by atoms with van der Waals surface area (Å²) in [6.07, 6.45) is 0.